The van der Waals surface area contributed by atoms with Crippen molar-refractivity contribution in [1.29, 1.82) is 0 Å². The predicted molar refractivity (Wildman–Crippen MR) is 81.7 cm³/mol. The fraction of sp³-hybridized carbons (Fsp3) is 0.571. The van der Waals surface area contributed by atoms with Gasteiger partial charge >= 0.3 is 0 Å². The van der Waals surface area contributed by atoms with Crippen LogP contribution in [0.3, 0.4) is 0 Å². The fourth-order valence-corrected chi connectivity index (χ4v) is 3.87. The van der Waals surface area contributed by atoms with E-state index in [4.69, 9.17) is 17.3 Å². The fourth-order valence-electron chi connectivity index (χ4n) is 2.46. The van der Waals surface area contributed by atoms with Crippen molar-refractivity contribution in [2.45, 2.75) is 24.3 Å². The zero-order valence-electron chi connectivity index (χ0n) is 11.6. The highest BCUT2D eigenvalue weighted by molar-refractivity contribution is 7.91. The first-order chi connectivity index (χ1) is 9.38. The quantitative estimate of drug-likeness (QED) is 0.919. The summed E-state index contributed by atoms with van der Waals surface area (Å²) in [6.07, 6.45) is 0.933. The molecule has 0 aliphatic carbocycles. The van der Waals surface area contributed by atoms with Gasteiger partial charge in [-0.15, -0.1) is 0 Å². The van der Waals surface area contributed by atoms with Crippen LogP contribution >= 0.6 is 11.6 Å². The molecule has 2 rings (SSSR count). The first-order valence-corrected chi connectivity index (χ1v) is 8.88. The van der Waals surface area contributed by atoms with Gasteiger partial charge in [0.15, 0.2) is 9.84 Å². The number of hydrogen-bond donors (Lipinski definition) is 1. The van der Waals surface area contributed by atoms with Gasteiger partial charge in [-0.3, -0.25) is 0 Å². The molecule has 2 unspecified atom stereocenters. The van der Waals surface area contributed by atoms with Gasteiger partial charge < -0.3 is 10.6 Å². The van der Waals surface area contributed by atoms with E-state index < -0.39 is 9.84 Å². The van der Waals surface area contributed by atoms with E-state index in [1.807, 2.05) is 0 Å². The summed E-state index contributed by atoms with van der Waals surface area (Å²) in [5, 5.41) is 0.544. The molecule has 0 aromatic heterocycles. The SMILES string of the molecule is CC1CN(CCS(=O)(=O)c2ccc(Cl)cc2)CCC1N. The van der Waals surface area contributed by atoms with E-state index in [1.165, 1.54) is 0 Å². The molecule has 0 amide bonds. The number of nitrogens with two attached hydrogens (primary N) is 1. The normalized spacial score (nSPS) is 24.8. The molecule has 0 spiro atoms. The molecule has 2 atom stereocenters. The van der Waals surface area contributed by atoms with Crippen molar-refractivity contribution in [3.8, 4) is 0 Å². The third-order valence-corrected chi connectivity index (χ3v) is 5.87. The summed E-state index contributed by atoms with van der Waals surface area (Å²) in [5.41, 5.74) is 5.97. The Morgan fingerprint density at radius 2 is 2.00 bits per heavy atom. The Hall–Kier alpha value is -0.620. The molecule has 1 aliphatic heterocycles. The van der Waals surface area contributed by atoms with Crippen molar-refractivity contribution in [3.63, 3.8) is 0 Å². The molecule has 6 heteroatoms. The Bertz CT molecular complexity index is 545. The van der Waals surface area contributed by atoms with Gasteiger partial charge in [-0.05, 0) is 43.1 Å². The van der Waals surface area contributed by atoms with E-state index in [-0.39, 0.29) is 11.8 Å². The Morgan fingerprint density at radius 1 is 1.35 bits per heavy atom. The first-order valence-electron chi connectivity index (χ1n) is 6.85. The van der Waals surface area contributed by atoms with Crippen LogP contribution in [0.5, 0.6) is 0 Å². The minimum absolute atomic E-state index is 0.136. The Kier molecular flexibility index (Phi) is 5.07. The standard InChI is InChI=1S/C14H21ClN2O2S/c1-11-10-17(7-6-14(11)16)8-9-20(18,19)13-4-2-12(15)3-5-13/h2-5,11,14H,6-10,16H2,1H3. The molecular formula is C14H21ClN2O2S. The lowest BCUT2D eigenvalue weighted by Crippen LogP contribution is -2.47. The van der Waals surface area contributed by atoms with Gasteiger partial charge in [0.2, 0.25) is 0 Å². The van der Waals surface area contributed by atoms with Gasteiger partial charge in [-0.1, -0.05) is 18.5 Å². The smallest absolute Gasteiger partial charge is 0.179 e. The van der Waals surface area contributed by atoms with E-state index in [0.29, 0.717) is 22.4 Å². The third kappa shape index (κ3) is 3.95. The van der Waals surface area contributed by atoms with Crippen LogP contribution in [0.15, 0.2) is 29.2 Å². The van der Waals surface area contributed by atoms with Gasteiger partial charge in [0.05, 0.1) is 10.6 Å². The molecule has 1 fully saturated rings. The summed E-state index contributed by atoms with van der Waals surface area (Å²) >= 11 is 5.78. The second kappa shape index (κ2) is 6.43. The minimum Gasteiger partial charge on any atom is -0.327 e. The van der Waals surface area contributed by atoms with Crippen LogP contribution in [0.1, 0.15) is 13.3 Å². The minimum atomic E-state index is -3.24. The highest BCUT2D eigenvalue weighted by atomic mass is 35.5. The Labute approximate surface area is 125 Å². The molecule has 2 N–H and O–H groups in total. The summed E-state index contributed by atoms with van der Waals surface area (Å²) in [6, 6.07) is 6.57. The summed E-state index contributed by atoms with van der Waals surface area (Å²) in [7, 11) is -3.24. The Balaban J connectivity index is 1.94. The zero-order chi connectivity index (χ0) is 14.8. The number of piperidine rings is 1. The number of sulfone groups is 1. The number of hydrogen-bond acceptors (Lipinski definition) is 4. The van der Waals surface area contributed by atoms with Crippen molar-refractivity contribution >= 4 is 21.4 Å². The maximum atomic E-state index is 12.2. The van der Waals surface area contributed by atoms with Crippen molar-refractivity contribution < 1.29 is 8.42 Å². The van der Waals surface area contributed by atoms with Gasteiger partial charge in [0.1, 0.15) is 0 Å². The number of halogens is 1. The third-order valence-electron chi connectivity index (χ3n) is 3.90. The van der Waals surface area contributed by atoms with Gasteiger partial charge in [-0.25, -0.2) is 8.42 Å². The monoisotopic (exact) mass is 316 g/mol. The molecule has 112 valence electrons. The van der Waals surface area contributed by atoms with Crippen molar-refractivity contribution in [1.82, 2.24) is 4.90 Å². The predicted octanol–water partition coefficient (Wildman–Crippen LogP) is 1.78. The molecule has 1 aromatic carbocycles. The van der Waals surface area contributed by atoms with Crippen LogP contribution < -0.4 is 5.73 Å². The van der Waals surface area contributed by atoms with E-state index in [2.05, 4.69) is 11.8 Å². The molecule has 1 heterocycles. The Morgan fingerprint density at radius 3 is 2.60 bits per heavy atom. The number of rotatable bonds is 4. The van der Waals surface area contributed by atoms with Crippen molar-refractivity contribution in [2.75, 3.05) is 25.4 Å². The second-order valence-electron chi connectivity index (χ2n) is 5.50. The summed E-state index contributed by atoms with van der Waals surface area (Å²) in [4.78, 5) is 2.52. The van der Waals surface area contributed by atoms with Gasteiger partial charge in [0, 0.05) is 24.2 Å². The lowest BCUT2D eigenvalue weighted by atomic mass is 9.95. The lowest BCUT2D eigenvalue weighted by Gasteiger charge is -2.34. The maximum absolute atomic E-state index is 12.2. The average Bonchev–Trinajstić information content (AvgIpc) is 2.41. The molecule has 0 radical (unpaired) electrons. The van der Waals surface area contributed by atoms with Gasteiger partial charge in [-0.2, -0.15) is 0 Å². The summed E-state index contributed by atoms with van der Waals surface area (Å²) in [6.45, 7) is 4.42. The topological polar surface area (TPSA) is 63.4 Å². The highest BCUT2D eigenvalue weighted by Gasteiger charge is 2.24. The molecule has 1 aromatic rings. The van der Waals surface area contributed by atoms with Gasteiger partial charge in [0.25, 0.3) is 0 Å². The maximum Gasteiger partial charge on any atom is 0.179 e. The van der Waals surface area contributed by atoms with Crippen molar-refractivity contribution in [3.05, 3.63) is 29.3 Å². The molecule has 1 saturated heterocycles. The van der Waals surface area contributed by atoms with E-state index >= 15 is 0 Å². The average molecular weight is 317 g/mol. The number of likely N-dealkylation sites (tertiary alicyclic amines) is 1. The van der Waals surface area contributed by atoms with Crippen LogP contribution in [0.25, 0.3) is 0 Å². The van der Waals surface area contributed by atoms with Crippen LogP contribution in [-0.2, 0) is 9.84 Å². The molecule has 20 heavy (non-hydrogen) atoms. The molecule has 1 aliphatic rings. The lowest BCUT2D eigenvalue weighted by molar-refractivity contribution is 0.173. The summed E-state index contributed by atoms with van der Waals surface area (Å²) in [5.74, 6) is 0.554. The summed E-state index contributed by atoms with van der Waals surface area (Å²) < 4.78 is 24.5. The van der Waals surface area contributed by atoms with Crippen LogP contribution in [0.2, 0.25) is 5.02 Å². The molecule has 0 bridgehead atoms. The zero-order valence-corrected chi connectivity index (χ0v) is 13.2. The first kappa shape index (κ1) is 15.8. The van der Waals surface area contributed by atoms with E-state index in [0.717, 1.165) is 19.5 Å². The van der Waals surface area contributed by atoms with Crippen LogP contribution in [-0.4, -0.2) is 44.7 Å². The molecule has 0 saturated carbocycles. The number of benzene rings is 1. The van der Waals surface area contributed by atoms with E-state index in [9.17, 15) is 8.42 Å². The van der Waals surface area contributed by atoms with Crippen molar-refractivity contribution in [2.24, 2.45) is 11.7 Å². The highest BCUT2D eigenvalue weighted by Crippen LogP contribution is 2.18. The molecule has 4 nitrogen and oxygen atoms in total. The molecular weight excluding hydrogens is 296 g/mol. The second-order valence-corrected chi connectivity index (χ2v) is 8.05. The largest absolute Gasteiger partial charge is 0.327 e. The number of nitrogens with zero attached hydrogens (tertiary/aromatic N) is 1. The van der Waals surface area contributed by atoms with Crippen LogP contribution in [0, 0.1) is 5.92 Å². The van der Waals surface area contributed by atoms with Crippen LogP contribution in [0.4, 0.5) is 0 Å². The van der Waals surface area contributed by atoms with E-state index in [1.54, 1.807) is 24.3 Å².